The van der Waals surface area contributed by atoms with E-state index in [1.807, 2.05) is 54.1 Å². The molecule has 4 aromatic rings. The largest absolute Gasteiger partial charge is 0.473 e. The minimum Gasteiger partial charge on any atom is -0.473 e. The van der Waals surface area contributed by atoms with Gasteiger partial charge in [0.1, 0.15) is 12.3 Å². The smallest absolute Gasteiger partial charge is 0.274 e. The summed E-state index contributed by atoms with van der Waals surface area (Å²) in [5, 5.41) is 8.75. The molecule has 0 spiro atoms. The fourth-order valence-corrected chi connectivity index (χ4v) is 4.72. The maximum absolute atomic E-state index is 13.5. The first-order chi connectivity index (χ1) is 16.7. The number of hydrogen-bond acceptors (Lipinski definition) is 4. The third-order valence-electron chi connectivity index (χ3n) is 6.49. The van der Waals surface area contributed by atoms with Crippen LogP contribution in [0, 0.1) is 12.8 Å². The van der Waals surface area contributed by atoms with E-state index < -0.39 is 0 Å². The van der Waals surface area contributed by atoms with Gasteiger partial charge >= 0.3 is 0 Å². The molecule has 1 amide bonds. The van der Waals surface area contributed by atoms with Crippen LogP contribution >= 0.6 is 0 Å². The standard InChI is InChI=1S/C28H30N4O2/c1-20-12-13-25-24(16-20)27(32(31-25)18-21-8-4-2-5-9-21)28(33)30-23-14-15-29-26(17-23)34-19-22-10-6-3-7-11-22/h3,6-7,10-17,21H,2,4-5,8-9,18-19H2,1H3,(H,29,30,33). The third-order valence-corrected chi connectivity index (χ3v) is 6.49. The molecule has 5 rings (SSSR count). The molecule has 6 nitrogen and oxygen atoms in total. The van der Waals surface area contributed by atoms with E-state index in [4.69, 9.17) is 9.84 Å². The Morgan fingerprint density at radius 3 is 2.71 bits per heavy atom. The highest BCUT2D eigenvalue weighted by molar-refractivity contribution is 6.11. The van der Waals surface area contributed by atoms with Gasteiger partial charge in [-0.3, -0.25) is 9.48 Å². The summed E-state index contributed by atoms with van der Waals surface area (Å²) < 4.78 is 7.76. The summed E-state index contributed by atoms with van der Waals surface area (Å²) in [4.78, 5) is 17.8. The van der Waals surface area contributed by atoms with E-state index in [2.05, 4.69) is 16.4 Å². The number of pyridine rings is 1. The first kappa shape index (κ1) is 22.1. The van der Waals surface area contributed by atoms with Gasteiger partial charge in [-0.1, -0.05) is 61.2 Å². The number of benzene rings is 2. The van der Waals surface area contributed by atoms with Crippen LogP contribution in [0.4, 0.5) is 5.69 Å². The highest BCUT2D eigenvalue weighted by atomic mass is 16.5. The number of anilines is 1. The van der Waals surface area contributed by atoms with Crippen LogP contribution in [0.5, 0.6) is 5.88 Å². The number of ether oxygens (including phenoxy) is 1. The molecular weight excluding hydrogens is 424 g/mol. The van der Waals surface area contributed by atoms with E-state index in [1.54, 1.807) is 18.3 Å². The molecule has 0 atom stereocenters. The molecule has 2 aromatic carbocycles. The van der Waals surface area contributed by atoms with Crippen LogP contribution in [0.25, 0.3) is 10.9 Å². The lowest BCUT2D eigenvalue weighted by Gasteiger charge is -2.22. The lowest BCUT2D eigenvalue weighted by molar-refractivity contribution is 0.101. The minimum absolute atomic E-state index is 0.163. The molecule has 1 aliphatic carbocycles. The first-order valence-corrected chi connectivity index (χ1v) is 12.1. The molecule has 1 aliphatic rings. The average molecular weight is 455 g/mol. The molecule has 34 heavy (non-hydrogen) atoms. The van der Waals surface area contributed by atoms with Crippen molar-refractivity contribution in [3.8, 4) is 5.88 Å². The summed E-state index contributed by atoms with van der Waals surface area (Å²) in [6, 6.07) is 19.6. The number of carbonyl (C=O) groups excluding carboxylic acids is 1. The lowest BCUT2D eigenvalue weighted by atomic mass is 9.89. The Kier molecular flexibility index (Phi) is 6.56. The van der Waals surface area contributed by atoms with Crippen molar-refractivity contribution in [3.63, 3.8) is 0 Å². The fraction of sp³-hybridized carbons (Fsp3) is 0.321. The molecule has 1 N–H and O–H groups in total. The van der Waals surface area contributed by atoms with Crippen molar-refractivity contribution in [2.45, 2.75) is 52.2 Å². The number of carbonyl (C=O) groups is 1. The SMILES string of the molecule is Cc1ccc2nn(CC3CCCCC3)c(C(=O)Nc3ccnc(OCc4ccccc4)c3)c2c1. The van der Waals surface area contributed by atoms with Gasteiger partial charge in [-0.15, -0.1) is 0 Å². The van der Waals surface area contributed by atoms with Gasteiger partial charge in [0.05, 0.1) is 5.52 Å². The van der Waals surface area contributed by atoms with Gasteiger partial charge in [-0.2, -0.15) is 5.10 Å². The maximum atomic E-state index is 13.5. The normalized spacial score (nSPS) is 14.3. The zero-order valence-corrected chi connectivity index (χ0v) is 19.5. The lowest BCUT2D eigenvalue weighted by Crippen LogP contribution is -2.22. The Hall–Kier alpha value is -3.67. The van der Waals surface area contributed by atoms with Crippen LogP contribution in [-0.4, -0.2) is 20.7 Å². The molecule has 0 saturated heterocycles. The fourth-order valence-electron chi connectivity index (χ4n) is 4.72. The number of hydrogen-bond donors (Lipinski definition) is 1. The van der Waals surface area contributed by atoms with Gasteiger partial charge in [-0.05, 0) is 49.4 Å². The van der Waals surface area contributed by atoms with E-state index in [-0.39, 0.29) is 5.91 Å². The number of amides is 1. The third kappa shape index (κ3) is 5.11. The van der Waals surface area contributed by atoms with Crippen LogP contribution in [0.15, 0.2) is 66.9 Å². The number of fused-ring (bicyclic) bond motifs is 1. The topological polar surface area (TPSA) is 69.0 Å². The van der Waals surface area contributed by atoms with Crippen LogP contribution in [0.1, 0.15) is 53.7 Å². The molecule has 0 aliphatic heterocycles. The van der Waals surface area contributed by atoms with E-state index >= 15 is 0 Å². The number of nitrogens with one attached hydrogen (secondary N) is 1. The van der Waals surface area contributed by atoms with Gasteiger partial charge < -0.3 is 10.1 Å². The zero-order chi connectivity index (χ0) is 23.3. The molecule has 0 unspecified atom stereocenters. The predicted octanol–water partition coefficient (Wildman–Crippen LogP) is 6.15. The van der Waals surface area contributed by atoms with Crippen molar-refractivity contribution >= 4 is 22.5 Å². The highest BCUT2D eigenvalue weighted by Gasteiger charge is 2.22. The molecular formula is C28H30N4O2. The van der Waals surface area contributed by atoms with Crippen molar-refractivity contribution in [2.75, 3.05) is 5.32 Å². The second-order valence-electron chi connectivity index (χ2n) is 9.17. The molecule has 0 bridgehead atoms. The Morgan fingerprint density at radius 2 is 1.88 bits per heavy atom. The minimum atomic E-state index is -0.163. The maximum Gasteiger partial charge on any atom is 0.274 e. The van der Waals surface area contributed by atoms with Crippen LogP contribution in [-0.2, 0) is 13.2 Å². The van der Waals surface area contributed by atoms with Gasteiger partial charge in [0, 0.05) is 29.9 Å². The number of aryl methyl sites for hydroxylation is 1. The number of rotatable bonds is 7. The highest BCUT2D eigenvalue weighted by Crippen LogP contribution is 2.28. The molecule has 1 fully saturated rings. The van der Waals surface area contributed by atoms with Gasteiger partial charge in [0.2, 0.25) is 5.88 Å². The summed E-state index contributed by atoms with van der Waals surface area (Å²) in [6.45, 7) is 3.24. The molecule has 2 aromatic heterocycles. The molecule has 2 heterocycles. The van der Waals surface area contributed by atoms with E-state index in [1.165, 1.54) is 32.1 Å². The molecule has 6 heteroatoms. The Labute approximate surface area is 200 Å². The van der Waals surface area contributed by atoms with E-state index in [0.717, 1.165) is 28.6 Å². The summed E-state index contributed by atoms with van der Waals surface area (Å²) >= 11 is 0. The Balaban J connectivity index is 1.37. The number of nitrogens with zero attached hydrogens (tertiary/aromatic N) is 3. The average Bonchev–Trinajstić information content (AvgIpc) is 3.21. The molecule has 1 saturated carbocycles. The van der Waals surface area contributed by atoms with E-state index in [9.17, 15) is 4.79 Å². The van der Waals surface area contributed by atoms with Crippen LogP contribution < -0.4 is 10.1 Å². The zero-order valence-electron chi connectivity index (χ0n) is 19.5. The summed E-state index contributed by atoms with van der Waals surface area (Å²) in [5.74, 6) is 0.872. The Morgan fingerprint density at radius 1 is 1.06 bits per heavy atom. The van der Waals surface area contributed by atoms with Gasteiger partial charge in [0.25, 0.3) is 5.91 Å². The monoisotopic (exact) mass is 454 g/mol. The van der Waals surface area contributed by atoms with Crippen molar-refractivity contribution in [1.29, 1.82) is 0 Å². The van der Waals surface area contributed by atoms with Crippen LogP contribution in [0.3, 0.4) is 0 Å². The summed E-state index contributed by atoms with van der Waals surface area (Å²) in [6.07, 6.45) is 7.87. The second kappa shape index (κ2) is 10.1. The predicted molar refractivity (Wildman–Crippen MR) is 134 cm³/mol. The van der Waals surface area contributed by atoms with E-state index in [0.29, 0.717) is 29.8 Å². The summed E-state index contributed by atoms with van der Waals surface area (Å²) in [5.41, 5.74) is 4.29. The van der Waals surface area contributed by atoms with Crippen molar-refractivity contribution in [3.05, 3.63) is 83.7 Å². The quantitative estimate of drug-likeness (QED) is 0.364. The Bertz CT molecular complexity index is 1280. The molecule has 174 valence electrons. The van der Waals surface area contributed by atoms with Crippen molar-refractivity contribution < 1.29 is 9.53 Å². The molecule has 0 radical (unpaired) electrons. The van der Waals surface area contributed by atoms with Gasteiger partial charge in [-0.25, -0.2) is 4.98 Å². The second-order valence-corrected chi connectivity index (χ2v) is 9.17. The summed E-state index contributed by atoms with van der Waals surface area (Å²) in [7, 11) is 0. The van der Waals surface area contributed by atoms with Crippen LogP contribution in [0.2, 0.25) is 0 Å². The van der Waals surface area contributed by atoms with Crippen molar-refractivity contribution in [1.82, 2.24) is 14.8 Å². The van der Waals surface area contributed by atoms with Crippen molar-refractivity contribution in [2.24, 2.45) is 5.92 Å². The first-order valence-electron chi connectivity index (χ1n) is 12.1. The number of aromatic nitrogens is 3. The van der Waals surface area contributed by atoms with Gasteiger partial charge in [0.15, 0.2) is 0 Å².